The molecule has 0 aliphatic rings. The van der Waals surface area contributed by atoms with Crippen LogP contribution in [0.2, 0.25) is 0 Å². The van der Waals surface area contributed by atoms with Crippen molar-refractivity contribution in [3.63, 3.8) is 0 Å². The zero-order valence-electron chi connectivity index (χ0n) is 2.79. The van der Waals surface area contributed by atoms with Gasteiger partial charge in [0, 0.05) is 25.4 Å². The van der Waals surface area contributed by atoms with Gasteiger partial charge in [-0.2, -0.15) is 0 Å². The van der Waals surface area contributed by atoms with Gasteiger partial charge in [0.05, 0.1) is 0 Å². The van der Waals surface area contributed by atoms with Crippen molar-refractivity contribution in [1.82, 2.24) is 0 Å². The fourth-order valence-electron chi connectivity index (χ4n) is 0. The van der Waals surface area contributed by atoms with Crippen molar-refractivity contribution in [2.45, 2.75) is 6.92 Å². The monoisotopic (exact) mass is 128 g/mol. The summed E-state index contributed by atoms with van der Waals surface area (Å²) in [6, 6.07) is 0. The second kappa shape index (κ2) is 9.07. The van der Waals surface area contributed by atoms with Crippen LogP contribution in [-0.4, -0.2) is 5.88 Å². The molecule has 0 N–H and O–H groups in total. The molecule has 0 saturated heterocycles. The summed E-state index contributed by atoms with van der Waals surface area (Å²) in [5.74, 6) is 0.722. The van der Waals surface area contributed by atoms with Crippen molar-refractivity contribution in [1.29, 1.82) is 0 Å². The molecule has 0 saturated carbocycles. The Morgan fingerprint density at radius 3 is 1.75 bits per heavy atom. The Bertz CT molecular complexity index is 6.00. The van der Waals surface area contributed by atoms with Crippen molar-refractivity contribution < 1.29 is 19.5 Å². The third-order valence-corrected chi connectivity index (χ3v) is 0. The fraction of sp³-hybridized carbons (Fsp3) is 1.00. The predicted octanol–water partition coefficient (Wildman–Crippen LogP) is 1.24. The number of hydrogen-bond acceptors (Lipinski definition) is 0. The van der Waals surface area contributed by atoms with Crippen molar-refractivity contribution in [3.8, 4) is 0 Å². The van der Waals surface area contributed by atoms with E-state index in [9.17, 15) is 0 Å². The van der Waals surface area contributed by atoms with Crippen molar-refractivity contribution in [2.75, 3.05) is 5.88 Å². The summed E-state index contributed by atoms with van der Waals surface area (Å²) in [7, 11) is 0. The molecular weight excluding hydrogens is 125 g/mol. The Hall–Kier alpha value is 0.913. The van der Waals surface area contributed by atoms with E-state index in [1.165, 1.54) is 0 Å². The van der Waals surface area contributed by atoms with E-state index >= 15 is 0 Å². The van der Waals surface area contributed by atoms with Crippen molar-refractivity contribution in [3.05, 3.63) is 0 Å². The summed E-state index contributed by atoms with van der Waals surface area (Å²) in [5.41, 5.74) is 0. The summed E-state index contributed by atoms with van der Waals surface area (Å²) >= 11 is 5.00. The van der Waals surface area contributed by atoms with E-state index in [2.05, 4.69) is 0 Å². The Kier molecular flexibility index (Phi) is 20.1. The first-order chi connectivity index (χ1) is 1.41. The average molecular weight is 130 g/mol. The molecular formula is C2H5ClZn. The number of rotatable bonds is 0. The van der Waals surface area contributed by atoms with Gasteiger partial charge in [-0.1, -0.05) is 6.92 Å². The Balaban J connectivity index is 0. The summed E-state index contributed by atoms with van der Waals surface area (Å²) in [6.07, 6.45) is 0. The van der Waals surface area contributed by atoms with Gasteiger partial charge >= 0.3 is 0 Å². The molecule has 0 aromatic rings. The molecule has 0 fully saturated rings. The fourth-order valence-corrected chi connectivity index (χ4v) is 0. The largest absolute Gasteiger partial charge is 0.127 e. The van der Waals surface area contributed by atoms with E-state index in [0.717, 1.165) is 5.88 Å². The molecule has 0 amide bonds. The van der Waals surface area contributed by atoms with E-state index in [4.69, 9.17) is 11.6 Å². The van der Waals surface area contributed by atoms with E-state index < -0.39 is 0 Å². The molecule has 0 atom stereocenters. The summed E-state index contributed by atoms with van der Waals surface area (Å²) in [5, 5.41) is 0. The minimum absolute atomic E-state index is 0. The SMILES string of the molecule is CCCl.[Zn]. The van der Waals surface area contributed by atoms with E-state index in [1.54, 1.807) is 0 Å². The van der Waals surface area contributed by atoms with Crippen LogP contribution in [0.4, 0.5) is 0 Å². The van der Waals surface area contributed by atoms with Gasteiger partial charge in [-0.3, -0.25) is 0 Å². The number of hydrogen-bond donors (Lipinski definition) is 0. The second-order valence-electron chi connectivity index (χ2n) is 0.267. The smallest absolute Gasteiger partial charge is 0.0195 e. The second-order valence-corrected chi connectivity index (χ2v) is 0.802. The van der Waals surface area contributed by atoms with Crippen molar-refractivity contribution in [2.24, 2.45) is 0 Å². The van der Waals surface area contributed by atoms with Crippen molar-refractivity contribution >= 4 is 11.6 Å². The summed E-state index contributed by atoms with van der Waals surface area (Å²) in [4.78, 5) is 0. The maximum absolute atomic E-state index is 5.00. The third-order valence-electron chi connectivity index (χ3n) is 0. The van der Waals surface area contributed by atoms with Crippen LogP contribution >= 0.6 is 11.6 Å². The standard InChI is InChI=1S/C2H5Cl.Zn/c1-2-3;/h2H2,1H3;. The number of alkyl halides is 1. The molecule has 2 heteroatoms. The van der Waals surface area contributed by atoms with E-state index in [0.29, 0.717) is 0 Å². The summed E-state index contributed by atoms with van der Waals surface area (Å²) in [6.45, 7) is 1.89. The molecule has 0 aliphatic carbocycles. The first-order valence-corrected chi connectivity index (χ1v) is 1.51. The molecule has 0 aromatic heterocycles. The first-order valence-electron chi connectivity index (χ1n) is 0.974. The van der Waals surface area contributed by atoms with Crippen LogP contribution in [0.1, 0.15) is 6.92 Å². The van der Waals surface area contributed by atoms with Crippen LogP contribution in [0.5, 0.6) is 0 Å². The molecule has 0 aromatic carbocycles. The topological polar surface area (TPSA) is 0 Å². The molecule has 0 spiro atoms. The normalized spacial score (nSPS) is 4.50. The van der Waals surface area contributed by atoms with Gasteiger partial charge in [-0.15, -0.1) is 11.6 Å². The Morgan fingerprint density at radius 2 is 1.75 bits per heavy atom. The van der Waals surface area contributed by atoms with E-state index in [1.807, 2.05) is 6.92 Å². The molecule has 0 unspecified atom stereocenters. The summed E-state index contributed by atoms with van der Waals surface area (Å²) < 4.78 is 0. The van der Waals surface area contributed by atoms with Gasteiger partial charge in [-0.05, 0) is 0 Å². The first kappa shape index (κ1) is 8.87. The molecule has 22 valence electrons. The van der Waals surface area contributed by atoms with Gasteiger partial charge < -0.3 is 0 Å². The van der Waals surface area contributed by atoms with Gasteiger partial charge in [0.15, 0.2) is 0 Å². The molecule has 0 radical (unpaired) electrons. The molecule has 0 bridgehead atoms. The van der Waals surface area contributed by atoms with Crippen LogP contribution in [0.15, 0.2) is 0 Å². The van der Waals surface area contributed by atoms with Crippen LogP contribution in [0.3, 0.4) is 0 Å². The predicted molar refractivity (Wildman–Crippen MR) is 16.4 cm³/mol. The molecule has 4 heavy (non-hydrogen) atoms. The Morgan fingerprint density at radius 1 is 1.75 bits per heavy atom. The third kappa shape index (κ3) is 12.8. The van der Waals surface area contributed by atoms with Gasteiger partial charge in [0.2, 0.25) is 0 Å². The quantitative estimate of drug-likeness (QED) is 0.341. The van der Waals surface area contributed by atoms with Crippen LogP contribution in [0.25, 0.3) is 0 Å². The minimum Gasteiger partial charge on any atom is -0.127 e. The van der Waals surface area contributed by atoms with Crippen LogP contribution in [-0.2, 0) is 19.5 Å². The van der Waals surface area contributed by atoms with Crippen LogP contribution < -0.4 is 0 Å². The average Bonchev–Trinajstić information content (AvgIpc) is 0.918. The van der Waals surface area contributed by atoms with Gasteiger partial charge in [0.1, 0.15) is 0 Å². The van der Waals surface area contributed by atoms with E-state index in [-0.39, 0.29) is 19.5 Å². The molecule has 0 rings (SSSR count). The molecule has 0 aliphatic heterocycles. The van der Waals surface area contributed by atoms with Gasteiger partial charge in [0.25, 0.3) is 0 Å². The number of halogens is 1. The maximum Gasteiger partial charge on any atom is 0.0195 e. The zero-order chi connectivity index (χ0) is 2.71. The van der Waals surface area contributed by atoms with Gasteiger partial charge in [-0.25, -0.2) is 0 Å². The zero-order valence-corrected chi connectivity index (χ0v) is 6.52. The molecule has 0 nitrogen and oxygen atoms in total. The maximum atomic E-state index is 5.00. The minimum atomic E-state index is 0. The van der Waals surface area contributed by atoms with Crippen LogP contribution in [0, 0.1) is 0 Å². The Labute approximate surface area is 44.3 Å². The molecule has 0 heterocycles.